The number of nitrogens with one attached hydrogen (secondary N) is 2. The van der Waals surface area contributed by atoms with Crippen LogP contribution in [0.4, 0.5) is 0 Å². The van der Waals surface area contributed by atoms with Crippen molar-refractivity contribution < 1.29 is 9.32 Å². The Morgan fingerprint density at radius 2 is 2.00 bits per heavy atom. The van der Waals surface area contributed by atoms with E-state index in [0.717, 1.165) is 63.2 Å². The van der Waals surface area contributed by atoms with E-state index >= 15 is 0 Å². The Morgan fingerprint density at radius 3 is 2.56 bits per heavy atom. The number of aliphatic imine (C=N–C) groups is 1. The fourth-order valence-corrected chi connectivity index (χ4v) is 2.79. The van der Waals surface area contributed by atoms with Gasteiger partial charge in [0, 0.05) is 58.8 Å². The van der Waals surface area contributed by atoms with Gasteiger partial charge in [0.25, 0.3) is 0 Å². The summed E-state index contributed by atoms with van der Waals surface area (Å²) in [6, 6.07) is 1.96. The third kappa shape index (κ3) is 8.04. The van der Waals surface area contributed by atoms with Crippen LogP contribution in [-0.2, 0) is 11.3 Å². The zero-order chi connectivity index (χ0) is 18.9. The van der Waals surface area contributed by atoms with E-state index in [2.05, 4.69) is 39.5 Å². The molecule has 0 saturated carbocycles. The fourth-order valence-electron chi connectivity index (χ4n) is 2.79. The van der Waals surface area contributed by atoms with Crippen LogP contribution in [0.1, 0.15) is 45.1 Å². The molecule has 0 aliphatic carbocycles. The van der Waals surface area contributed by atoms with Gasteiger partial charge < -0.3 is 20.1 Å². The van der Waals surface area contributed by atoms with Crippen molar-refractivity contribution in [3.63, 3.8) is 0 Å². The molecule has 1 saturated heterocycles. The highest BCUT2D eigenvalue weighted by molar-refractivity contribution is 14.0. The van der Waals surface area contributed by atoms with Gasteiger partial charge in [0.1, 0.15) is 6.54 Å². The quantitative estimate of drug-likeness (QED) is 0.342. The number of nitrogens with zero attached hydrogens (tertiary/aromatic N) is 4. The summed E-state index contributed by atoms with van der Waals surface area (Å²) in [5.74, 6) is 2.06. The van der Waals surface area contributed by atoms with Crippen molar-refractivity contribution >= 4 is 35.8 Å². The lowest BCUT2D eigenvalue weighted by molar-refractivity contribution is -0.130. The van der Waals surface area contributed by atoms with Crippen molar-refractivity contribution in [1.82, 2.24) is 25.6 Å². The van der Waals surface area contributed by atoms with Gasteiger partial charge in [0.05, 0.1) is 5.69 Å². The lowest BCUT2D eigenvalue weighted by Gasteiger charge is -2.34. The van der Waals surface area contributed by atoms with Crippen LogP contribution in [0.15, 0.2) is 15.6 Å². The predicted octanol–water partition coefficient (Wildman–Crippen LogP) is 1.64. The number of hydrogen-bond donors (Lipinski definition) is 2. The molecule has 1 aliphatic heterocycles. The van der Waals surface area contributed by atoms with E-state index in [1.807, 2.05) is 17.9 Å². The normalized spacial score (nSPS) is 15.6. The molecule has 0 radical (unpaired) electrons. The first-order valence-electron chi connectivity index (χ1n) is 9.45. The van der Waals surface area contributed by atoms with Crippen LogP contribution in [0.2, 0.25) is 0 Å². The number of guanidine groups is 1. The molecule has 0 spiro atoms. The van der Waals surface area contributed by atoms with Crippen molar-refractivity contribution in [2.24, 2.45) is 4.99 Å². The monoisotopic (exact) mass is 492 g/mol. The third-order valence-corrected chi connectivity index (χ3v) is 4.44. The fraction of sp³-hybridized carbons (Fsp3) is 0.722. The van der Waals surface area contributed by atoms with Gasteiger partial charge in [-0.2, -0.15) is 0 Å². The summed E-state index contributed by atoms with van der Waals surface area (Å²) in [6.45, 7) is 14.3. The first-order chi connectivity index (χ1) is 12.5. The molecule has 0 atom stereocenters. The van der Waals surface area contributed by atoms with Crippen molar-refractivity contribution in [2.75, 3.05) is 45.8 Å². The first-order valence-corrected chi connectivity index (χ1v) is 9.45. The number of carbonyl (C=O) groups is 1. The van der Waals surface area contributed by atoms with E-state index in [9.17, 15) is 4.79 Å². The van der Waals surface area contributed by atoms with Crippen molar-refractivity contribution in [3.8, 4) is 0 Å². The molecule has 0 unspecified atom stereocenters. The molecule has 9 heteroatoms. The Hall–Kier alpha value is -1.36. The average Bonchev–Trinajstić information content (AvgIpc) is 3.09. The molecule has 27 heavy (non-hydrogen) atoms. The summed E-state index contributed by atoms with van der Waals surface area (Å²) in [5.41, 5.74) is 0.956. The van der Waals surface area contributed by atoms with E-state index in [-0.39, 0.29) is 29.9 Å². The Kier molecular flexibility index (Phi) is 10.7. The largest absolute Gasteiger partial charge is 0.359 e. The summed E-state index contributed by atoms with van der Waals surface area (Å²) < 4.78 is 5.33. The van der Waals surface area contributed by atoms with Crippen LogP contribution in [-0.4, -0.2) is 72.6 Å². The minimum Gasteiger partial charge on any atom is -0.359 e. The van der Waals surface area contributed by atoms with Crippen LogP contribution < -0.4 is 10.6 Å². The highest BCUT2D eigenvalue weighted by atomic mass is 127. The van der Waals surface area contributed by atoms with E-state index < -0.39 is 0 Å². The maximum absolute atomic E-state index is 11.4. The van der Waals surface area contributed by atoms with Crippen LogP contribution in [0.25, 0.3) is 0 Å². The molecule has 1 amide bonds. The highest BCUT2D eigenvalue weighted by Crippen LogP contribution is 2.14. The Morgan fingerprint density at radius 1 is 1.30 bits per heavy atom. The SMILES string of the molecule is CCNC(=NCc1cc(C(C)C)no1)NCCN1CCN(C(C)=O)CC1.I. The second-order valence-electron chi connectivity index (χ2n) is 6.84. The molecule has 1 aromatic heterocycles. The summed E-state index contributed by atoms with van der Waals surface area (Å²) in [4.78, 5) is 20.2. The van der Waals surface area contributed by atoms with Crippen molar-refractivity contribution in [2.45, 2.75) is 40.2 Å². The third-order valence-electron chi connectivity index (χ3n) is 4.44. The average molecular weight is 492 g/mol. The second kappa shape index (κ2) is 12.2. The minimum absolute atomic E-state index is 0. The Balaban J connectivity index is 0.00000364. The topological polar surface area (TPSA) is 86.0 Å². The van der Waals surface area contributed by atoms with Crippen molar-refractivity contribution in [1.29, 1.82) is 0 Å². The number of hydrogen-bond acceptors (Lipinski definition) is 5. The van der Waals surface area contributed by atoms with Crippen LogP contribution in [0, 0.1) is 0 Å². The first kappa shape index (κ1) is 23.7. The van der Waals surface area contributed by atoms with Gasteiger partial charge in [0.2, 0.25) is 5.91 Å². The zero-order valence-electron chi connectivity index (χ0n) is 16.8. The summed E-state index contributed by atoms with van der Waals surface area (Å²) in [6.07, 6.45) is 0. The van der Waals surface area contributed by atoms with Gasteiger partial charge in [0.15, 0.2) is 11.7 Å². The van der Waals surface area contributed by atoms with E-state index in [1.165, 1.54) is 0 Å². The number of carbonyl (C=O) groups excluding carboxylic acids is 1. The lowest BCUT2D eigenvalue weighted by atomic mass is 10.1. The summed E-state index contributed by atoms with van der Waals surface area (Å²) in [5, 5.41) is 10.7. The number of halogens is 1. The molecule has 2 heterocycles. The molecule has 0 bridgehead atoms. The van der Waals surface area contributed by atoms with E-state index in [4.69, 9.17) is 4.52 Å². The van der Waals surface area contributed by atoms with Crippen molar-refractivity contribution in [3.05, 3.63) is 17.5 Å². The molecule has 154 valence electrons. The van der Waals surface area contributed by atoms with Gasteiger partial charge >= 0.3 is 0 Å². The van der Waals surface area contributed by atoms with Crippen LogP contribution in [0.3, 0.4) is 0 Å². The summed E-state index contributed by atoms with van der Waals surface area (Å²) in [7, 11) is 0. The molecular weight excluding hydrogens is 459 g/mol. The smallest absolute Gasteiger partial charge is 0.219 e. The second-order valence-corrected chi connectivity index (χ2v) is 6.84. The van der Waals surface area contributed by atoms with Crippen LogP contribution >= 0.6 is 24.0 Å². The van der Waals surface area contributed by atoms with E-state index in [0.29, 0.717) is 12.5 Å². The zero-order valence-corrected chi connectivity index (χ0v) is 19.2. The van der Waals surface area contributed by atoms with Gasteiger partial charge in [-0.1, -0.05) is 19.0 Å². The molecular formula is C18H33IN6O2. The molecule has 8 nitrogen and oxygen atoms in total. The van der Waals surface area contributed by atoms with Gasteiger partial charge in [-0.05, 0) is 12.8 Å². The number of aromatic nitrogens is 1. The molecule has 2 rings (SSSR count). The number of amides is 1. The maximum atomic E-state index is 11.4. The summed E-state index contributed by atoms with van der Waals surface area (Å²) >= 11 is 0. The van der Waals surface area contributed by atoms with E-state index in [1.54, 1.807) is 6.92 Å². The minimum atomic E-state index is 0. The molecule has 0 aromatic carbocycles. The maximum Gasteiger partial charge on any atom is 0.219 e. The highest BCUT2D eigenvalue weighted by Gasteiger charge is 2.17. The Bertz CT molecular complexity index is 596. The predicted molar refractivity (Wildman–Crippen MR) is 118 cm³/mol. The van der Waals surface area contributed by atoms with Gasteiger partial charge in [-0.15, -0.1) is 24.0 Å². The number of rotatable bonds is 7. The van der Waals surface area contributed by atoms with Gasteiger partial charge in [-0.25, -0.2) is 4.99 Å². The van der Waals surface area contributed by atoms with Gasteiger partial charge in [-0.3, -0.25) is 9.69 Å². The standard InChI is InChI=1S/C18H32N6O2.HI/c1-5-19-18(21-13-16-12-17(14(2)3)22-26-16)20-6-7-23-8-10-24(11-9-23)15(4)25;/h12,14H,5-11,13H2,1-4H3,(H2,19,20,21);1H. The lowest BCUT2D eigenvalue weighted by Crippen LogP contribution is -2.50. The molecule has 2 N–H and O–H groups in total. The van der Waals surface area contributed by atoms with Crippen LogP contribution in [0.5, 0.6) is 0 Å². The molecule has 1 aliphatic rings. The number of piperazine rings is 1. The molecule has 1 fully saturated rings. The molecule has 1 aromatic rings. The Labute approximate surface area is 179 Å².